The third-order valence-corrected chi connectivity index (χ3v) is 4.16. The standard InChI is InChI=1S/C15H19N3O2/c1-2-10-3-5-11(6-4-10)16-15(20)18-8-7-12-13(18)9-14(19)17-12/h3-6,12-13H,2,7-9H2,1H3,(H,16,20)(H,17,19)/t12-,13+/m1/s1. The van der Waals surface area contributed by atoms with Crippen molar-refractivity contribution in [2.75, 3.05) is 11.9 Å². The molecule has 0 aromatic heterocycles. The molecule has 0 radical (unpaired) electrons. The van der Waals surface area contributed by atoms with Crippen molar-refractivity contribution in [3.8, 4) is 0 Å². The van der Waals surface area contributed by atoms with Crippen molar-refractivity contribution >= 4 is 17.6 Å². The average Bonchev–Trinajstić information content (AvgIpc) is 2.98. The lowest BCUT2D eigenvalue weighted by Gasteiger charge is -2.23. The second kappa shape index (κ2) is 5.15. The number of hydrogen-bond acceptors (Lipinski definition) is 2. The SMILES string of the molecule is CCc1ccc(NC(=O)N2CC[C@H]3NC(=O)C[C@@H]32)cc1. The molecule has 2 aliphatic rings. The number of rotatable bonds is 2. The molecule has 0 unspecified atom stereocenters. The molecule has 3 rings (SSSR count). The monoisotopic (exact) mass is 273 g/mol. The molecule has 0 saturated carbocycles. The van der Waals surface area contributed by atoms with Crippen molar-refractivity contribution in [2.45, 2.75) is 38.3 Å². The van der Waals surface area contributed by atoms with Crippen LogP contribution in [-0.2, 0) is 11.2 Å². The fourth-order valence-corrected chi connectivity index (χ4v) is 3.00. The molecule has 5 heteroatoms. The van der Waals surface area contributed by atoms with E-state index in [1.807, 2.05) is 24.3 Å². The first-order valence-corrected chi connectivity index (χ1v) is 7.13. The Balaban J connectivity index is 1.65. The fraction of sp³-hybridized carbons (Fsp3) is 0.467. The number of carbonyl (C=O) groups is 2. The minimum absolute atomic E-state index is 0.0115. The minimum Gasteiger partial charge on any atom is -0.351 e. The predicted molar refractivity (Wildman–Crippen MR) is 76.5 cm³/mol. The number of carbonyl (C=O) groups excluding carboxylic acids is 2. The first-order chi connectivity index (χ1) is 9.67. The normalized spacial score (nSPS) is 24.4. The summed E-state index contributed by atoms with van der Waals surface area (Å²) in [5.74, 6) is 0.0461. The number of nitrogens with zero attached hydrogens (tertiary/aromatic N) is 1. The first kappa shape index (κ1) is 13.0. The van der Waals surface area contributed by atoms with Crippen molar-refractivity contribution in [2.24, 2.45) is 0 Å². The molecule has 2 aliphatic heterocycles. The van der Waals surface area contributed by atoms with Gasteiger partial charge in [-0.2, -0.15) is 0 Å². The highest BCUT2D eigenvalue weighted by Crippen LogP contribution is 2.26. The van der Waals surface area contributed by atoms with Crippen LogP contribution in [0.4, 0.5) is 10.5 Å². The zero-order valence-corrected chi connectivity index (χ0v) is 11.6. The van der Waals surface area contributed by atoms with Crippen LogP contribution in [0.3, 0.4) is 0 Å². The van der Waals surface area contributed by atoms with Crippen LogP contribution in [0.2, 0.25) is 0 Å². The number of fused-ring (bicyclic) bond motifs is 1. The maximum atomic E-state index is 12.3. The summed E-state index contributed by atoms with van der Waals surface area (Å²) in [6, 6.07) is 7.91. The Morgan fingerprint density at radius 3 is 2.85 bits per heavy atom. The number of amides is 3. The van der Waals surface area contributed by atoms with Gasteiger partial charge in [0.2, 0.25) is 5.91 Å². The van der Waals surface area contributed by atoms with E-state index in [2.05, 4.69) is 17.6 Å². The molecule has 2 fully saturated rings. The molecule has 0 bridgehead atoms. The Morgan fingerprint density at radius 1 is 1.40 bits per heavy atom. The van der Waals surface area contributed by atoms with Crippen molar-refractivity contribution in [3.05, 3.63) is 29.8 Å². The Morgan fingerprint density at radius 2 is 2.15 bits per heavy atom. The van der Waals surface area contributed by atoms with E-state index in [-0.39, 0.29) is 24.0 Å². The van der Waals surface area contributed by atoms with E-state index in [0.717, 1.165) is 18.5 Å². The Kier molecular flexibility index (Phi) is 3.34. The van der Waals surface area contributed by atoms with Gasteiger partial charge in [0.15, 0.2) is 0 Å². The third-order valence-electron chi connectivity index (χ3n) is 4.16. The van der Waals surface area contributed by atoms with Gasteiger partial charge in [0, 0.05) is 18.7 Å². The Hall–Kier alpha value is -2.04. The largest absolute Gasteiger partial charge is 0.351 e. The zero-order chi connectivity index (χ0) is 14.1. The summed E-state index contributed by atoms with van der Waals surface area (Å²) in [6.07, 6.45) is 2.25. The van der Waals surface area contributed by atoms with Crippen molar-refractivity contribution in [3.63, 3.8) is 0 Å². The third kappa shape index (κ3) is 2.35. The summed E-state index contributed by atoms with van der Waals surface area (Å²) in [6.45, 7) is 2.80. The lowest BCUT2D eigenvalue weighted by atomic mass is 10.1. The fourth-order valence-electron chi connectivity index (χ4n) is 3.00. The van der Waals surface area contributed by atoms with Gasteiger partial charge in [0.1, 0.15) is 0 Å². The lowest BCUT2D eigenvalue weighted by molar-refractivity contribution is -0.119. The van der Waals surface area contributed by atoms with E-state index in [1.54, 1.807) is 4.90 Å². The van der Waals surface area contributed by atoms with Gasteiger partial charge in [0.05, 0.1) is 12.1 Å². The summed E-state index contributed by atoms with van der Waals surface area (Å²) in [5.41, 5.74) is 2.04. The highest BCUT2D eigenvalue weighted by molar-refractivity contribution is 5.91. The zero-order valence-electron chi connectivity index (χ0n) is 11.6. The Bertz CT molecular complexity index is 526. The molecule has 0 aliphatic carbocycles. The highest BCUT2D eigenvalue weighted by Gasteiger charge is 2.43. The quantitative estimate of drug-likeness (QED) is 0.862. The van der Waals surface area contributed by atoms with E-state index in [0.29, 0.717) is 13.0 Å². The van der Waals surface area contributed by atoms with Crippen LogP contribution >= 0.6 is 0 Å². The molecule has 1 aromatic rings. The number of benzene rings is 1. The molecule has 2 atom stereocenters. The van der Waals surface area contributed by atoms with E-state index in [1.165, 1.54) is 5.56 Å². The van der Waals surface area contributed by atoms with E-state index in [9.17, 15) is 9.59 Å². The molecule has 0 spiro atoms. The summed E-state index contributed by atoms with van der Waals surface area (Å²) < 4.78 is 0. The highest BCUT2D eigenvalue weighted by atomic mass is 16.2. The molecule has 1 aromatic carbocycles. The second-order valence-corrected chi connectivity index (χ2v) is 5.41. The number of likely N-dealkylation sites (tertiary alicyclic amines) is 1. The van der Waals surface area contributed by atoms with Crippen LogP contribution in [0.25, 0.3) is 0 Å². The number of urea groups is 1. The van der Waals surface area contributed by atoms with Gasteiger partial charge in [-0.15, -0.1) is 0 Å². The van der Waals surface area contributed by atoms with Gasteiger partial charge in [-0.25, -0.2) is 4.79 Å². The number of nitrogens with one attached hydrogen (secondary N) is 2. The van der Waals surface area contributed by atoms with Gasteiger partial charge < -0.3 is 15.5 Å². The van der Waals surface area contributed by atoms with Gasteiger partial charge in [-0.3, -0.25) is 4.79 Å². The van der Waals surface area contributed by atoms with Crippen LogP contribution in [0.5, 0.6) is 0 Å². The summed E-state index contributed by atoms with van der Waals surface area (Å²) in [5, 5.41) is 5.83. The van der Waals surface area contributed by atoms with Gasteiger partial charge in [0.25, 0.3) is 0 Å². The van der Waals surface area contributed by atoms with Crippen molar-refractivity contribution in [1.82, 2.24) is 10.2 Å². The molecule has 106 valence electrons. The maximum Gasteiger partial charge on any atom is 0.322 e. The van der Waals surface area contributed by atoms with Crippen molar-refractivity contribution in [1.29, 1.82) is 0 Å². The molecule has 5 nitrogen and oxygen atoms in total. The topological polar surface area (TPSA) is 61.4 Å². The van der Waals surface area contributed by atoms with E-state index >= 15 is 0 Å². The van der Waals surface area contributed by atoms with Crippen LogP contribution in [-0.4, -0.2) is 35.5 Å². The summed E-state index contributed by atoms with van der Waals surface area (Å²) >= 11 is 0. The van der Waals surface area contributed by atoms with Gasteiger partial charge in [-0.1, -0.05) is 19.1 Å². The van der Waals surface area contributed by atoms with Crippen LogP contribution in [0, 0.1) is 0 Å². The molecule has 2 heterocycles. The van der Waals surface area contributed by atoms with Crippen LogP contribution in [0.1, 0.15) is 25.3 Å². The molecule has 2 N–H and O–H groups in total. The van der Waals surface area contributed by atoms with Gasteiger partial charge in [-0.05, 0) is 30.5 Å². The smallest absolute Gasteiger partial charge is 0.322 e. The number of anilines is 1. The molecule has 20 heavy (non-hydrogen) atoms. The van der Waals surface area contributed by atoms with Gasteiger partial charge >= 0.3 is 6.03 Å². The maximum absolute atomic E-state index is 12.3. The molecule has 3 amide bonds. The molecular weight excluding hydrogens is 254 g/mol. The van der Waals surface area contributed by atoms with E-state index in [4.69, 9.17) is 0 Å². The Labute approximate surface area is 118 Å². The average molecular weight is 273 g/mol. The number of aryl methyl sites for hydroxylation is 1. The predicted octanol–water partition coefficient (Wildman–Crippen LogP) is 1.74. The lowest BCUT2D eigenvalue weighted by Crippen LogP contribution is -2.41. The molecule has 2 saturated heterocycles. The molecular formula is C15H19N3O2. The van der Waals surface area contributed by atoms with Crippen LogP contribution < -0.4 is 10.6 Å². The first-order valence-electron chi connectivity index (χ1n) is 7.13. The number of hydrogen-bond donors (Lipinski definition) is 2. The minimum atomic E-state index is -0.113. The summed E-state index contributed by atoms with van der Waals surface area (Å²) in [4.78, 5) is 25.5. The summed E-state index contributed by atoms with van der Waals surface area (Å²) in [7, 11) is 0. The second-order valence-electron chi connectivity index (χ2n) is 5.41. The van der Waals surface area contributed by atoms with E-state index < -0.39 is 0 Å². The van der Waals surface area contributed by atoms with Crippen molar-refractivity contribution < 1.29 is 9.59 Å². The van der Waals surface area contributed by atoms with Crippen LogP contribution in [0.15, 0.2) is 24.3 Å².